The highest BCUT2D eigenvalue weighted by Gasteiger charge is 2.23. The summed E-state index contributed by atoms with van der Waals surface area (Å²) in [7, 11) is 0. The van der Waals surface area contributed by atoms with Crippen molar-refractivity contribution in [2.75, 3.05) is 17.2 Å². The zero-order chi connectivity index (χ0) is 14.1. The van der Waals surface area contributed by atoms with Crippen LogP contribution in [0.3, 0.4) is 0 Å². The molecule has 0 radical (unpaired) electrons. The molecule has 1 amide bonds. The number of carbonyl (C=O) groups excluding carboxylic acids is 1. The fourth-order valence-electron chi connectivity index (χ4n) is 2.54. The highest BCUT2D eigenvalue weighted by molar-refractivity contribution is 6.30. The van der Waals surface area contributed by atoms with Gasteiger partial charge in [-0.1, -0.05) is 29.8 Å². The Kier molecular flexibility index (Phi) is 3.32. The topological polar surface area (TPSA) is 59.2 Å². The van der Waals surface area contributed by atoms with E-state index >= 15 is 0 Å². The zero-order valence-electron chi connectivity index (χ0n) is 10.8. The van der Waals surface area contributed by atoms with Crippen molar-refractivity contribution < 1.29 is 4.79 Å². The predicted molar refractivity (Wildman–Crippen MR) is 80.1 cm³/mol. The Morgan fingerprint density at radius 3 is 2.90 bits per heavy atom. The van der Waals surface area contributed by atoms with Crippen molar-refractivity contribution in [3.63, 3.8) is 0 Å². The number of para-hydroxylation sites is 1. The number of nitrogens with zero attached hydrogens (tertiary/aromatic N) is 2. The summed E-state index contributed by atoms with van der Waals surface area (Å²) in [5.41, 5.74) is 8.29. The van der Waals surface area contributed by atoms with E-state index in [1.807, 2.05) is 18.2 Å². The normalized spacial score (nSPS) is 13.9. The van der Waals surface area contributed by atoms with Gasteiger partial charge in [0.05, 0.1) is 0 Å². The summed E-state index contributed by atoms with van der Waals surface area (Å²) in [5.74, 6) is 0.166. The molecular weight excluding hydrogens is 274 g/mol. The van der Waals surface area contributed by atoms with E-state index in [-0.39, 0.29) is 16.9 Å². The van der Waals surface area contributed by atoms with Crippen LogP contribution in [0.1, 0.15) is 22.3 Å². The van der Waals surface area contributed by atoms with Crippen LogP contribution in [0.25, 0.3) is 0 Å². The Balaban J connectivity index is 1.99. The third-order valence-electron chi connectivity index (χ3n) is 3.42. The summed E-state index contributed by atoms with van der Waals surface area (Å²) in [5, 5.41) is 0.235. The van der Waals surface area contributed by atoms with Gasteiger partial charge in [0, 0.05) is 17.8 Å². The average molecular weight is 288 g/mol. The number of nitrogen functional groups attached to an aromatic ring is 1. The number of hydrogen-bond donors (Lipinski definition) is 1. The molecule has 0 aliphatic carbocycles. The average Bonchev–Trinajstić information content (AvgIpc) is 2.45. The number of carbonyl (C=O) groups is 1. The maximum atomic E-state index is 12.7. The Bertz CT molecular complexity index is 652. The molecule has 0 bridgehead atoms. The van der Waals surface area contributed by atoms with Crippen molar-refractivity contribution in [2.45, 2.75) is 12.8 Å². The predicted octanol–water partition coefficient (Wildman–Crippen LogP) is 2.91. The van der Waals surface area contributed by atoms with Crippen molar-refractivity contribution >= 4 is 29.0 Å². The molecule has 1 aliphatic heterocycles. The van der Waals surface area contributed by atoms with Gasteiger partial charge >= 0.3 is 0 Å². The van der Waals surface area contributed by atoms with E-state index < -0.39 is 0 Å². The lowest BCUT2D eigenvalue weighted by Gasteiger charge is -2.29. The van der Waals surface area contributed by atoms with E-state index in [1.165, 1.54) is 5.56 Å². The molecule has 0 atom stereocenters. The number of anilines is 2. The molecule has 2 aromatic rings. The van der Waals surface area contributed by atoms with Crippen LogP contribution in [0.4, 0.5) is 11.5 Å². The minimum atomic E-state index is -0.0897. The second-order valence-corrected chi connectivity index (χ2v) is 5.18. The first-order valence-electron chi connectivity index (χ1n) is 6.48. The maximum absolute atomic E-state index is 12.7. The largest absolute Gasteiger partial charge is 0.384 e. The molecule has 3 rings (SSSR count). The number of pyridine rings is 1. The molecule has 5 heteroatoms. The molecule has 0 fully saturated rings. The number of aryl methyl sites for hydroxylation is 1. The van der Waals surface area contributed by atoms with Gasteiger partial charge in [-0.2, -0.15) is 0 Å². The minimum Gasteiger partial charge on any atom is -0.384 e. The number of benzene rings is 1. The first kappa shape index (κ1) is 12.9. The smallest absolute Gasteiger partial charge is 0.258 e. The van der Waals surface area contributed by atoms with Gasteiger partial charge in [0.25, 0.3) is 5.91 Å². The van der Waals surface area contributed by atoms with Crippen LogP contribution in [-0.4, -0.2) is 17.4 Å². The Labute approximate surface area is 122 Å². The van der Waals surface area contributed by atoms with Gasteiger partial charge in [-0.25, -0.2) is 4.98 Å². The SMILES string of the molecule is Nc1cc(C(=O)N2CCCc3ccccc32)cc(Cl)n1. The van der Waals surface area contributed by atoms with E-state index in [9.17, 15) is 4.79 Å². The molecule has 102 valence electrons. The molecule has 2 heterocycles. The second kappa shape index (κ2) is 5.13. The van der Waals surface area contributed by atoms with Gasteiger partial charge in [0.15, 0.2) is 0 Å². The molecule has 0 spiro atoms. The van der Waals surface area contributed by atoms with Crippen molar-refractivity contribution in [3.05, 3.63) is 52.7 Å². The first-order chi connectivity index (χ1) is 9.65. The molecule has 1 aromatic heterocycles. The summed E-state index contributed by atoms with van der Waals surface area (Å²) in [6.07, 6.45) is 1.95. The van der Waals surface area contributed by atoms with E-state index in [4.69, 9.17) is 17.3 Å². The van der Waals surface area contributed by atoms with Crippen LogP contribution < -0.4 is 10.6 Å². The van der Waals surface area contributed by atoms with Crippen LogP contribution in [0.5, 0.6) is 0 Å². The maximum Gasteiger partial charge on any atom is 0.258 e. The Morgan fingerprint density at radius 1 is 1.30 bits per heavy atom. The molecule has 1 aliphatic rings. The van der Waals surface area contributed by atoms with Crippen LogP contribution >= 0.6 is 11.6 Å². The summed E-state index contributed by atoms with van der Waals surface area (Å²) in [4.78, 5) is 18.3. The van der Waals surface area contributed by atoms with Crippen LogP contribution in [0, 0.1) is 0 Å². The number of halogens is 1. The number of hydrogen-bond acceptors (Lipinski definition) is 3. The van der Waals surface area contributed by atoms with Crippen molar-refractivity contribution in [1.82, 2.24) is 4.98 Å². The summed E-state index contributed by atoms with van der Waals surface area (Å²) in [6, 6.07) is 11.1. The third kappa shape index (κ3) is 2.34. The van der Waals surface area contributed by atoms with Crippen molar-refractivity contribution in [3.8, 4) is 0 Å². The fraction of sp³-hybridized carbons (Fsp3) is 0.200. The number of rotatable bonds is 1. The standard InChI is InChI=1S/C15H14ClN3O/c16-13-8-11(9-14(17)18-13)15(20)19-7-3-5-10-4-1-2-6-12(10)19/h1-2,4,6,8-9H,3,5,7H2,(H2,17,18). The highest BCUT2D eigenvalue weighted by atomic mass is 35.5. The van der Waals surface area contributed by atoms with Gasteiger partial charge < -0.3 is 10.6 Å². The Morgan fingerprint density at radius 2 is 2.10 bits per heavy atom. The van der Waals surface area contributed by atoms with Gasteiger partial charge in [-0.05, 0) is 36.6 Å². The van der Waals surface area contributed by atoms with E-state index in [0.29, 0.717) is 12.1 Å². The van der Waals surface area contributed by atoms with Crippen LogP contribution in [-0.2, 0) is 6.42 Å². The van der Waals surface area contributed by atoms with Crippen molar-refractivity contribution in [1.29, 1.82) is 0 Å². The first-order valence-corrected chi connectivity index (χ1v) is 6.86. The fourth-order valence-corrected chi connectivity index (χ4v) is 2.76. The summed E-state index contributed by atoms with van der Waals surface area (Å²) >= 11 is 5.87. The quantitative estimate of drug-likeness (QED) is 0.821. The monoisotopic (exact) mass is 287 g/mol. The molecular formula is C15H14ClN3O. The van der Waals surface area contributed by atoms with Gasteiger partial charge in [0.2, 0.25) is 0 Å². The number of nitrogens with two attached hydrogens (primary N) is 1. The number of aromatic nitrogens is 1. The summed E-state index contributed by atoms with van der Waals surface area (Å²) in [6.45, 7) is 0.704. The van der Waals surface area contributed by atoms with Crippen molar-refractivity contribution in [2.24, 2.45) is 0 Å². The third-order valence-corrected chi connectivity index (χ3v) is 3.61. The van der Waals surface area contributed by atoms with Gasteiger partial charge in [-0.15, -0.1) is 0 Å². The zero-order valence-corrected chi connectivity index (χ0v) is 11.6. The van der Waals surface area contributed by atoms with Gasteiger partial charge in [-0.3, -0.25) is 4.79 Å². The minimum absolute atomic E-state index is 0.0897. The lowest BCUT2D eigenvalue weighted by molar-refractivity contribution is 0.0985. The highest BCUT2D eigenvalue weighted by Crippen LogP contribution is 2.28. The molecule has 0 saturated carbocycles. The van der Waals surface area contributed by atoms with Crippen LogP contribution in [0.2, 0.25) is 5.15 Å². The second-order valence-electron chi connectivity index (χ2n) is 4.79. The molecule has 2 N–H and O–H groups in total. The molecule has 0 unspecified atom stereocenters. The number of fused-ring (bicyclic) bond motifs is 1. The molecule has 20 heavy (non-hydrogen) atoms. The molecule has 1 aromatic carbocycles. The van der Waals surface area contributed by atoms with E-state index in [1.54, 1.807) is 17.0 Å². The molecule has 0 saturated heterocycles. The lowest BCUT2D eigenvalue weighted by Crippen LogP contribution is -2.35. The van der Waals surface area contributed by atoms with E-state index in [2.05, 4.69) is 11.1 Å². The lowest BCUT2D eigenvalue weighted by atomic mass is 10.0. The number of amides is 1. The Hall–Kier alpha value is -2.07. The van der Waals surface area contributed by atoms with Crippen LogP contribution in [0.15, 0.2) is 36.4 Å². The van der Waals surface area contributed by atoms with Gasteiger partial charge in [0.1, 0.15) is 11.0 Å². The van der Waals surface area contributed by atoms with E-state index in [0.717, 1.165) is 18.5 Å². The molecule has 4 nitrogen and oxygen atoms in total. The summed E-state index contributed by atoms with van der Waals surface area (Å²) < 4.78 is 0.